The number of rotatable bonds is 6. The molecule has 1 unspecified atom stereocenters. The van der Waals surface area contributed by atoms with Gasteiger partial charge in [0.25, 0.3) is 5.91 Å². The van der Waals surface area contributed by atoms with Gasteiger partial charge in [-0.2, -0.15) is 0 Å². The van der Waals surface area contributed by atoms with E-state index < -0.39 is 6.10 Å². The first-order valence-corrected chi connectivity index (χ1v) is 10.7. The van der Waals surface area contributed by atoms with Gasteiger partial charge in [0.05, 0.1) is 0 Å². The molecule has 4 rings (SSSR count). The van der Waals surface area contributed by atoms with Crippen molar-refractivity contribution < 1.29 is 9.53 Å². The van der Waals surface area contributed by atoms with E-state index in [1.165, 1.54) is 11.3 Å². The first-order valence-electron chi connectivity index (χ1n) is 10.7. The van der Waals surface area contributed by atoms with Crippen molar-refractivity contribution in [3.63, 3.8) is 0 Å². The Morgan fingerprint density at radius 3 is 1.97 bits per heavy atom. The smallest absolute Gasteiger partial charge is 0.263 e. The number of amides is 1. The number of carbonyl (C=O) groups excluding carboxylic acids is 1. The maximum absolute atomic E-state index is 13.0. The van der Waals surface area contributed by atoms with Crippen LogP contribution in [0.25, 0.3) is 11.1 Å². The molecular weight excluding hydrogens is 372 g/mol. The molecule has 0 aromatic heterocycles. The van der Waals surface area contributed by atoms with Crippen molar-refractivity contribution in [1.29, 1.82) is 0 Å². The third-order valence-corrected chi connectivity index (χ3v) is 5.60. The lowest BCUT2D eigenvalue weighted by Gasteiger charge is -2.37. The summed E-state index contributed by atoms with van der Waals surface area (Å²) in [4.78, 5) is 17.3. The molecule has 0 bridgehead atoms. The summed E-state index contributed by atoms with van der Waals surface area (Å²) in [5.74, 6) is 0.815. The Hall–Kier alpha value is -3.27. The number of ether oxygens (including phenoxy) is 1. The summed E-state index contributed by atoms with van der Waals surface area (Å²) in [6.07, 6.45) is 0.203. The Morgan fingerprint density at radius 1 is 0.800 bits per heavy atom. The Kier molecular flexibility index (Phi) is 6.33. The van der Waals surface area contributed by atoms with E-state index in [2.05, 4.69) is 41.3 Å². The van der Waals surface area contributed by atoms with Crippen molar-refractivity contribution in [3.05, 3.63) is 84.9 Å². The van der Waals surface area contributed by atoms with Crippen LogP contribution >= 0.6 is 0 Å². The molecule has 0 radical (unpaired) electrons. The van der Waals surface area contributed by atoms with E-state index in [4.69, 9.17) is 4.74 Å². The minimum absolute atomic E-state index is 0.0809. The van der Waals surface area contributed by atoms with Crippen LogP contribution in [0.1, 0.15) is 13.3 Å². The summed E-state index contributed by atoms with van der Waals surface area (Å²) < 4.78 is 6.08. The fourth-order valence-corrected chi connectivity index (χ4v) is 3.86. The van der Waals surface area contributed by atoms with Gasteiger partial charge in [-0.1, -0.05) is 67.6 Å². The fraction of sp³-hybridized carbons (Fsp3) is 0.269. The summed E-state index contributed by atoms with van der Waals surface area (Å²) >= 11 is 0. The lowest BCUT2D eigenvalue weighted by atomic mass is 10.1. The molecule has 0 N–H and O–H groups in total. The number of piperazine rings is 1. The Bertz CT molecular complexity index is 934. The van der Waals surface area contributed by atoms with Gasteiger partial charge in [0.1, 0.15) is 5.75 Å². The zero-order chi connectivity index (χ0) is 20.8. The van der Waals surface area contributed by atoms with Crippen molar-refractivity contribution >= 4 is 11.6 Å². The quantitative estimate of drug-likeness (QED) is 0.592. The monoisotopic (exact) mass is 400 g/mol. The lowest BCUT2D eigenvalue weighted by molar-refractivity contribution is -0.139. The molecule has 1 aliphatic heterocycles. The van der Waals surface area contributed by atoms with E-state index in [-0.39, 0.29) is 5.91 Å². The molecule has 1 heterocycles. The average Bonchev–Trinajstić information content (AvgIpc) is 2.84. The number of hydrogen-bond acceptors (Lipinski definition) is 3. The normalized spacial score (nSPS) is 15.0. The van der Waals surface area contributed by atoms with Crippen molar-refractivity contribution in [1.82, 2.24) is 4.90 Å². The maximum atomic E-state index is 13.0. The SMILES string of the molecule is CCC(Oc1ccc(-c2ccccc2)cc1)C(=O)N1CCN(c2ccccc2)CC1. The number of anilines is 1. The van der Waals surface area contributed by atoms with Crippen LogP contribution < -0.4 is 9.64 Å². The van der Waals surface area contributed by atoms with Gasteiger partial charge in [-0.15, -0.1) is 0 Å². The molecule has 30 heavy (non-hydrogen) atoms. The van der Waals surface area contributed by atoms with Crippen LogP contribution in [0.2, 0.25) is 0 Å². The molecule has 0 aliphatic carbocycles. The van der Waals surface area contributed by atoms with Crippen LogP contribution in [0.15, 0.2) is 84.9 Å². The summed E-state index contributed by atoms with van der Waals surface area (Å²) in [6, 6.07) is 28.6. The van der Waals surface area contributed by atoms with Gasteiger partial charge >= 0.3 is 0 Å². The molecule has 0 saturated carbocycles. The van der Waals surface area contributed by atoms with Crippen molar-refractivity contribution in [3.8, 4) is 16.9 Å². The van der Waals surface area contributed by atoms with Crippen LogP contribution in [0.3, 0.4) is 0 Å². The third-order valence-electron chi connectivity index (χ3n) is 5.60. The van der Waals surface area contributed by atoms with Gasteiger partial charge in [-0.3, -0.25) is 4.79 Å². The second-order valence-electron chi connectivity index (χ2n) is 7.55. The summed E-state index contributed by atoms with van der Waals surface area (Å²) in [7, 11) is 0. The molecule has 154 valence electrons. The topological polar surface area (TPSA) is 32.8 Å². The van der Waals surface area contributed by atoms with Gasteiger partial charge in [0.2, 0.25) is 0 Å². The van der Waals surface area contributed by atoms with E-state index >= 15 is 0 Å². The highest BCUT2D eigenvalue weighted by Crippen LogP contribution is 2.24. The van der Waals surface area contributed by atoms with Crippen LogP contribution in [0, 0.1) is 0 Å². The van der Waals surface area contributed by atoms with Crippen LogP contribution in [0.5, 0.6) is 5.75 Å². The number of benzene rings is 3. The van der Waals surface area contributed by atoms with Crippen LogP contribution in [0.4, 0.5) is 5.69 Å². The van der Waals surface area contributed by atoms with E-state index in [1.807, 2.05) is 60.4 Å². The Balaban J connectivity index is 1.35. The van der Waals surface area contributed by atoms with Gasteiger partial charge in [-0.05, 0) is 41.8 Å². The molecule has 1 fully saturated rings. The molecular formula is C26H28N2O2. The Morgan fingerprint density at radius 2 is 1.37 bits per heavy atom. The predicted octanol–water partition coefficient (Wildman–Crippen LogP) is 4.86. The molecule has 1 atom stereocenters. The van der Waals surface area contributed by atoms with E-state index in [0.717, 1.165) is 37.5 Å². The van der Waals surface area contributed by atoms with Crippen LogP contribution in [-0.2, 0) is 4.79 Å². The third kappa shape index (κ3) is 4.65. The average molecular weight is 401 g/mol. The summed E-state index contributed by atoms with van der Waals surface area (Å²) in [6.45, 7) is 5.14. The first-order chi connectivity index (χ1) is 14.7. The number of hydrogen-bond donors (Lipinski definition) is 0. The van der Waals surface area contributed by atoms with Crippen LogP contribution in [-0.4, -0.2) is 43.1 Å². The molecule has 3 aromatic carbocycles. The molecule has 1 aliphatic rings. The number of carbonyl (C=O) groups is 1. The molecule has 0 spiro atoms. The first kappa shape index (κ1) is 20.0. The largest absolute Gasteiger partial charge is 0.481 e. The minimum atomic E-state index is -0.448. The second kappa shape index (κ2) is 9.49. The molecule has 4 nitrogen and oxygen atoms in total. The van der Waals surface area contributed by atoms with Gasteiger partial charge in [-0.25, -0.2) is 0 Å². The molecule has 1 saturated heterocycles. The zero-order valence-corrected chi connectivity index (χ0v) is 17.4. The van der Waals surface area contributed by atoms with E-state index in [0.29, 0.717) is 6.42 Å². The van der Waals surface area contributed by atoms with E-state index in [1.54, 1.807) is 0 Å². The Labute approximate surface area is 178 Å². The maximum Gasteiger partial charge on any atom is 0.263 e. The molecule has 4 heteroatoms. The molecule has 1 amide bonds. The number of para-hydroxylation sites is 1. The highest BCUT2D eigenvalue weighted by atomic mass is 16.5. The lowest BCUT2D eigenvalue weighted by Crippen LogP contribution is -2.52. The second-order valence-corrected chi connectivity index (χ2v) is 7.55. The minimum Gasteiger partial charge on any atom is -0.481 e. The summed E-state index contributed by atoms with van der Waals surface area (Å²) in [5, 5.41) is 0. The molecule has 3 aromatic rings. The van der Waals surface area contributed by atoms with E-state index in [9.17, 15) is 4.79 Å². The summed E-state index contributed by atoms with van der Waals surface area (Å²) in [5.41, 5.74) is 3.52. The number of nitrogens with zero attached hydrogens (tertiary/aromatic N) is 2. The highest BCUT2D eigenvalue weighted by Gasteiger charge is 2.28. The van der Waals surface area contributed by atoms with Crippen molar-refractivity contribution in [2.24, 2.45) is 0 Å². The zero-order valence-electron chi connectivity index (χ0n) is 17.4. The van der Waals surface area contributed by atoms with Crippen molar-refractivity contribution in [2.45, 2.75) is 19.4 Å². The standard InChI is InChI=1S/C26H28N2O2/c1-2-25(30-24-15-13-22(14-16-24)21-9-5-3-6-10-21)26(29)28-19-17-27(18-20-28)23-11-7-4-8-12-23/h3-16,25H,2,17-20H2,1H3. The highest BCUT2D eigenvalue weighted by molar-refractivity contribution is 5.81. The van der Waals surface area contributed by atoms with Gasteiger partial charge in [0.15, 0.2) is 6.10 Å². The van der Waals surface area contributed by atoms with Gasteiger partial charge in [0, 0.05) is 31.9 Å². The van der Waals surface area contributed by atoms with Gasteiger partial charge < -0.3 is 14.5 Å². The van der Waals surface area contributed by atoms with Crippen molar-refractivity contribution in [2.75, 3.05) is 31.1 Å². The predicted molar refractivity (Wildman–Crippen MR) is 122 cm³/mol. The fourth-order valence-electron chi connectivity index (χ4n) is 3.86.